The molecule has 0 unspecified atom stereocenters. The van der Waals surface area contributed by atoms with Crippen LogP contribution in [-0.4, -0.2) is 53.7 Å². The Morgan fingerprint density at radius 2 is 1.42 bits per heavy atom. The topological polar surface area (TPSA) is 6.48 Å². The van der Waals surface area contributed by atoms with Gasteiger partial charge in [0.2, 0.25) is 0 Å². The lowest BCUT2D eigenvalue weighted by Crippen LogP contribution is -2.41. The van der Waals surface area contributed by atoms with Crippen molar-refractivity contribution in [3.05, 3.63) is 0 Å². The molecule has 0 rings (SSSR count). The van der Waals surface area contributed by atoms with Crippen LogP contribution < -0.4 is 0 Å². The highest BCUT2D eigenvalue weighted by Gasteiger charge is 2.13. The van der Waals surface area contributed by atoms with Gasteiger partial charge in [-0.25, -0.2) is 0 Å². The Labute approximate surface area is 79.8 Å². The highest BCUT2D eigenvalue weighted by Crippen LogP contribution is 2.08. The highest BCUT2D eigenvalue weighted by molar-refractivity contribution is 6.37. The van der Waals surface area contributed by atoms with Crippen LogP contribution in [0.1, 0.15) is 13.8 Å². The first kappa shape index (κ1) is 12.1. The van der Waals surface area contributed by atoms with Crippen molar-refractivity contribution >= 4 is 9.52 Å². The Morgan fingerprint density at radius 1 is 1.00 bits per heavy atom. The molecule has 0 saturated carbocycles. The minimum atomic E-state index is 0.130. The second-order valence-electron chi connectivity index (χ2n) is 4.38. The van der Waals surface area contributed by atoms with Crippen LogP contribution in [-0.2, 0) is 0 Å². The summed E-state index contributed by atoms with van der Waals surface area (Å²) in [4.78, 5) is 4.63. The molecule has 0 spiro atoms. The normalized spacial score (nSPS) is 13.5. The monoisotopic (exact) mass is 188 g/mol. The summed E-state index contributed by atoms with van der Waals surface area (Å²) in [5.41, 5.74) is 0.951. The van der Waals surface area contributed by atoms with E-state index in [1.807, 2.05) is 0 Å². The zero-order valence-electron chi connectivity index (χ0n) is 9.46. The molecule has 12 heavy (non-hydrogen) atoms. The fourth-order valence-electron chi connectivity index (χ4n) is 1.46. The number of nitrogens with zero attached hydrogens (tertiary/aromatic N) is 2. The summed E-state index contributed by atoms with van der Waals surface area (Å²) in [5, 5.41) is 0. The van der Waals surface area contributed by atoms with E-state index >= 15 is 0 Å². The van der Waals surface area contributed by atoms with E-state index in [9.17, 15) is 0 Å². The van der Waals surface area contributed by atoms with Gasteiger partial charge in [-0.1, -0.05) is 19.4 Å². The third kappa shape index (κ3) is 4.90. The van der Waals surface area contributed by atoms with E-state index in [1.165, 1.54) is 6.04 Å². The fourth-order valence-corrected chi connectivity index (χ4v) is 3.46. The van der Waals surface area contributed by atoms with Gasteiger partial charge in [0.25, 0.3) is 0 Å². The summed E-state index contributed by atoms with van der Waals surface area (Å²) in [5.74, 6) is 0. The molecule has 0 aromatic rings. The summed E-state index contributed by atoms with van der Waals surface area (Å²) in [7, 11) is 8.79. The number of hydrogen-bond acceptors (Lipinski definition) is 2. The molecule has 0 heterocycles. The van der Waals surface area contributed by atoms with Gasteiger partial charge in [-0.05, 0) is 34.2 Å². The van der Waals surface area contributed by atoms with Gasteiger partial charge in [-0.2, -0.15) is 0 Å². The molecule has 3 heteroatoms. The summed E-state index contributed by atoms with van der Waals surface area (Å²) in [6, 6.07) is 1.40. The lowest BCUT2D eigenvalue weighted by molar-refractivity contribution is 0.147. The molecule has 0 bridgehead atoms. The van der Waals surface area contributed by atoms with Crippen molar-refractivity contribution in [2.75, 3.05) is 28.2 Å². The summed E-state index contributed by atoms with van der Waals surface area (Å²) < 4.78 is 0. The van der Waals surface area contributed by atoms with Crippen molar-refractivity contribution in [2.24, 2.45) is 0 Å². The van der Waals surface area contributed by atoms with E-state index in [4.69, 9.17) is 0 Å². The van der Waals surface area contributed by atoms with E-state index in [-0.39, 0.29) is 9.52 Å². The Hall–Kier alpha value is 0.137. The summed E-state index contributed by atoms with van der Waals surface area (Å²) in [6.45, 7) is 4.68. The van der Waals surface area contributed by atoms with Crippen LogP contribution in [0.15, 0.2) is 0 Å². The number of hydrogen-bond donors (Lipinski definition) is 0. The molecule has 0 aromatic heterocycles. The molecule has 0 atom stereocenters. The van der Waals surface area contributed by atoms with Gasteiger partial charge in [-0.15, -0.1) is 0 Å². The zero-order chi connectivity index (χ0) is 9.72. The van der Waals surface area contributed by atoms with Crippen molar-refractivity contribution in [2.45, 2.75) is 31.6 Å². The molecule has 0 aromatic carbocycles. The van der Waals surface area contributed by atoms with Gasteiger partial charge < -0.3 is 0 Å². The third-order valence-electron chi connectivity index (χ3n) is 2.19. The van der Waals surface area contributed by atoms with Crippen molar-refractivity contribution in [3.8, 4) is 0 Å². The zero-order valence-corrected chi connectivity index (χ0v) is 10.9. The van der Waals surface area contributed by atoms with Gasteiger partial charge in [0.05, 0.1) is 6.17 Å². The molecular formula is C9H24N2Si. The molecule has 0 aliphatic heterocycles. The number of rotatable bonds is 5. The van der Waals surface area contributed by atoms with E-state index in [2.05, 4.69) is 51.8 Å². The molecule has 0 amide bonds. The smallest absolute Gasteiger partial charge is 0.0582 e. The van der Waals surface area contributed by atoms with Crippen LogP contribution in [0.2, 0.25) is 11.6 Å². The molecule has 0 aliphatic carbocycles. The van der Waals surface area contributed by atoms with E-state index < -0.39 is 0 Å². The van der Waals surface area contributed by atoms with E-state index in [1.54, 1.807) is 0 Å². The predicted octanol–water partition coefficient (Wildman–Crippen LogP) is 0.851. The molecular weight excluding hydrogens is 164 g/mol. The molecule has 74 valence electrons. The quantitative estimate of drug-likeness (QED) is 0.466. The maximum Gasteiger partial charge on any atom is 0.0582 e. The van der Waals surface area contributed by atoms with Crippen molar-refractivity contribution in [3.63, 3.8) is 0 Å². The first-order valence-electron chi connectivity index (χ1n) is 4.78. The minimum absolute atomic E-state index is 0.130. The second kappa shape index (κ2) is 5.73. The Bertz CT molecular complexity index is 105. The van der Waals surface area contributed by atoms with E-state index in [0.717, 1.165) is 5.54 Å². The Kier molecular flexibility index (Phi) is 5.79. The van der Waals surface area contributed by atoms with Gasteiger partial charge in [0.15, 0.2) is 0 Å². The van der Waals surface area contributed by atoms with Crippen LogP contribution >= 0.6 is 0 Å². The van der Waals surface area contributed by atoms with Crippen LogP contribution in [0, 0.1) is 0 Å². The van der Waals surface area contributed by atoms with Gasteiger partial charge in [0, 0.05) is 9.52 Å². The molecule has 0 saturated heterocycles. The lowest BCUT2D eigenvalue weighted by Gasteiger charge is -2.30. The summed E-state index contributed by atoms with van der Waals surface area (Å²) in [6.07, 6.45) is 0.652. The Balaban J connectivity index is 3.80. The Morgan fingerprint density at radius 3 is 1.67 bits per heavy atom. The van der Waals surface area contributed by atoms with E-state index in [0.29, 0.717) is 6.17 Å². The molecule has 0 N–H and O–H groups in total. The van der Waals surface area contributed by atoms with Crippen LogP contribution in [0.3, 0.4) is 0 Å². The molecule has 2 nitrogen and oxygen atoms in total. The first-order chi connectivity index (χ1) is 5.45. The lowest BCUT2D eigenvalue weighted by atomic mass is 10.5. The van der Waals surface area contributed by atoms with Crippen LogP contribution in [0.4, 0.5) is 0 Å². The third-order valence-corrected chi connectivity index (χ3v) is 4.20. The highest BCUT2D eigenvalue weighted by atomic mass is 28.2. The minimum Gasteiger partial charge on any atom is -0.294 e. The maximum atomic E-state index is 2.34. The first-order valence-corrected chi connectivity index (χ1v) is 6.59. The predicted molar refractivity (Wildman–Crippen MR) is 59.6 cm³/mol. The second-order valence-corrected chi connectivity index (χ2v) is 7.17. The molecule has 0 radical (unpaired) electrons. The summed E-state index contributed by atoms with van der Waals surface area (Å²) >= 11 is 0. The SMILES string of the molecule is CC(C)[SiH2]CC(N(C)C)N(C)C. The van der Waals surface area contributed by atoms with Gasteiger partial charge >= 0.3 is 0 Å². The van der Waals surface area contributed by atoms with Crippen molar-refractivity contribution < 1.29 is 0 Å². The largest absolute Gasteiger partial charge is 0.294 e. The standard InChI is InChI=1S/C9H24N2Si/c1-8(2)12-7-9(10(3)4)11(5)6/h8-9H,7,12H2,1-6H3. The molecule has 0 fully saturated rings. The maximum absolute atomic E-state index is 2.34. The van der Waals surface area contributed by atoms with Gasteiger partial charge in [-0.3, -0.25) is 9.80 Å². The molecule has 0 aliphatic rings. The fraction of sp³-hybridized carbons (Fsp3) is 1.00. The van der Waals surface area contributed by atoms with Gasteiger partial charge in [0.1, 0.15) is 0 Å². The van der Waals surface area contributed by atoms with Crippen molar-refractivity contribution in [1.29, 1.82) is 0 Å². The van der Waals surface area contributed by atoms with Crippen LogP contribution in [0.25, 0.3) is 0 Å². The van der Waals surface area contributed by atoms with Crippen LogP contribution in [0.5, 0.6) is 0 Å². The van der Waals surface area contributed by atoms with Crippen molar-refractivity contribution in [1.82, 2.24) is 9.80 Å². The average molecular weight is 188 g/mol. The average Bonchev–Trinajstić information content (AvgIpc) is 1.84.